The molecule has 2 aliphatic rings. The highest BCUT2D eigenvalue weighted by Gasteiger charge is 2.38. The maximum absolute atomic E-state index is 6.15. The van der Waals surface area contributed by atoms with Crippen molar-refractivity contribution in [1.82, 2.24) is 15.1 Å². The SMILES string of the molecule is C=C(NCC1CCC(c2ccccc2)(N(C)C)CC1)N1CCC(/C(=C/N)c2cc(C)ccc2C)CC1. The van der Waals surface area contributed by atoms with Crippen LogP contribution < -0.4 is 11.1 Å². The van der Waals surface area contributed by atoms with Gasteiger partial charge in [0.2, 0.25) is 0 Å². The van der Waals surface area contributed by atoms with Gasteiger partial charge in [-0.15, -0.1) is 0 Å². The molecule has 0 radical (unpaired) electrons. The third kappa shape index (κ3) is 5.64. The van der Waals surface area contributed by atoms with Crippen LogP contribution in [0.25, 0.3) is 5.57 Å². The molecule has 1 aliphatic heterocycles. The monoisotopic (exact) mass is 486 g/mol. The summed E-state index contributed by atoms with van der Waals surface area (Å²) >= 11 is 0. The van der Waals surface area contributed by atoms with Crippen molar-refractivity contribution in [3.8, 4) is 0 Å². The summed E-state index contributed by atoms with van der Waals surface area (Å²) in [5, 5.41) is 3.70. The maximum atomic E-state index is 6.15. The van der Waals surface area contributed by atoms with E-state index in [4.69, 9.17) is 5.73 Å². The molecule has 0 atom stereocenters. The summed E-state index contributed by atoms with van der Waals surface area (Å²) in [5.74, 6) is 2.30. The minimum Gasteiger partial charge on any atom is -0.404 e. The van der Waals surface area contributed by atoms with Crippen LogP contribution in [-0.4, -0.2) is 43.5 Å². The number of hydrogen-bond donors (Lipinski definition) is 2. The zero-order chi connectivity index (χ0) is 25.7. The molecule has 194 valence electrons. The Bertz CT molecular complexity index is 1040. The minimum atomic E-state index is 0.167. The van der Waals surface area contributed by atoms with Gasteiger partial charge < -0.3 is 16.0 Å². The topological polar surface area (TPSA) is 44.5 Å². The first-order valence-corrected chi connectivity index (χ1v) is 13.7. The van der Waals surface area contributed by atoms with Crippen molar-refractivity contribution in [2.45, 2.75) is 57.9 Å². The minimum absolute atomic E-state index is 0.167. The fourth-order valence-electron chi connectivity index (χ4n) is 6.43. The Hall–Kier alpha value is -2.72. The van der Waals surface area contributed by atoms with E-state index in [1.54, 1.807) is 0 Å². The summed E-state index contributed by atoms with van der Waals surface area (Å²) in [6.45, 7) is 11.8. The average Bonchev–Trinajstić information content (AvgIpc) is 2.90. The van der Waals surface area contributed by atoms with E-state index < -0.39 is 0 Å². The van der Waals surface area contributed by atoms with Crippen LogP contribution >= 0.6 is 0 Å². The average molecular weight is 487 g/mol. The molecular weight excluding hydrogens is 440 g/mol. The van der Waals surface area contributed by atoms with Crippen LogP contribution in [0.1, 0.15) is 60.8 Å². The molecule has 1 saturated carbocycles. The summed E-state index contributed by atoms with van der Waals surface area (Å²) in [5.41, 5.74) is 13.0. The van der Waals surface area contributed by atoms with Gasteiger partial charge in [-0.05, 0) is 107 Å². The summed E-state index contributed by atoms with van der Waals surface area (Å²) in [4.78, 5) is 4.88. The molecule has 1 saturated heterocycles. The number of benzene rings is 2. The molecule has 1 heterocycles. The standard InChI is InChI=1S/C32H46N4/c1-24-11-12-25(2)30(21-24)31(22-33)28-15-19-36(20-16-28)26(3)34-23-27-13-17-32(18-14-27,35(4)5)29-9-7-6-8-10-29/h6-12,21-22,27-28,34H,3,13-20,23,33H2,1-2,4-5H3/b31-22-. The molecule has 0 aromatic heterocycles. The molecule has 1 aliphatic carbocycles. The zero-order valence-corrected chi connectivity index (χ0v) is 22.9. The van der Waals surface area contributed by atoms with E-state index in [1.165, 1.54) is 53.5 Å². The van der Waals surface area contributed by atoms with Crippen molar-refractivity contribution < 1.29 is 0 Å². The van der Waals surface area contributed by atoms with Gasteiger partial charge in [-0.2, -0.15) is 0 Å². The Morgan fingerprint density at radius 2 is 1.72 bits per heavy atom. The van der Waals surface area contributed by atoms with Gasteiger partial charge in [0.15, 0.2) is 0 Å². The molecule has 2 fully saturated rings. The lowest BCUT2D eigenvalue weighted by molar-refractivity contribution is 0.0769. The Labute approximate surface area is 219 Å². The second-order valence-corrected chi connectivity index (χ2v) is 11.3. The number of likely N-dealkylation sites (tertiary alicyclic amines) is 1. The van der Waals surface area contributed by atoms with Gasteiger partial charge in [0.25, 0.3) is 0 Å². The first-order chi connectivity index (χ1) is 17.3. The van der Waals surface area contributed by atoms with Crippen molar-refractivity contribution in [1.29, 1.82) is 0 Å². The lowest BCUT2D eigenvalue weighted by Crippen LogP contribution is -2.46. The van der Waals surface area contributed by atoms with E-state index in [1.807, 2.05) is 6.20 Å². The number of aryl methyl sites for hydroxylation is 2. The number of nitrogens with two attached hydrogens (primary N) is 1. The number of nitrogens with zero attached hydrogens (tertiary/aromatic N) is 2. The van der Waals surface area contributed by atoms with Crippen LogP contribution in [0.2, 0.25) is 0 Å². The molecule has 36 heavy (non-hydrogen) atoms. The van der Waals surface area contributed by atoms with Gasteiger partial charge in [0.05, 0.1) is 5.82 Å². The van der Waals surface area contributed by atoms with E-state index in [2.05, 4.69) is 98.2 Å². The van der Waals surface area contributed by atoms with E-state index in [-0.39, 0.29) is 5.54 Å². The largest absolute Gasteiger partial charge is 0.404 e. The Morgan fingerprint density at radius 3 is 2.33 bits per heavy atom. The van der Waals surface area contributed by atoms with Crippen LogP contribution in [0, 0.1) is 25.7 Å². The third-order valence-electron chi connectivity index (χ3n) is 8.89. The van der Waals surface area contributed by atoms with E-state index in [0.29, 0.717) is 11.8 Å². The second kappa shape index (κ2) is 11.6. The first-order valence-electron chi connectivity index (χ1n) is 13.7. The number of nitrogens with one attached hydrogen (secondary N) is 1. The Balaban J connectivity index is 1.27. The second-order valence-electron chi connectivity index (χ2n) is 11.3. The van der Waals surface area contributed by atoms with Gasteiger partial charge in [-0.3, -0.25) is 4.90 Å². The Morgan fingerprint density at radius 1 is 1.06 bits per heavy atom. The predicted octanol–water partition coefficient (Wildman–Crippen LogP) is 6.02. The molecule has 0 unspecified atom stereocenters. The van der Waals surface area contributed by atoms with Gasteiger partial charge in [0.1, 0.15) is 0 Å². The molecule has 2 aromatic rings. The molecule has 0 bridgehead atoms. The fourth-order valence-corrected chi connectivity index (χ4v) is 6.43. The summed E-state index contributed by atoms with van der Waals surface area (Å²) < 4.78 is 0. The quantitative estimate of drug-likeness (QED) is 0.479. The highest BCUT2D eigenvalue weighted by atomic mass is 15.2. The highest BCUT2D eigenvalue weighted by molar-refractivity contribution is 5.70. The maximum Gasteiger partial charge on any atom is 0.0938 e. The van der Waals surface area contributed by atoms with E-state index in [0.717, 1.165) is 38.3 Å². The molecule has 2 aromatic carbocycles. The van der Waals surface area contributed by atoms with Crippen LogP contribution in [0.3, 0.4) is 0 Å². The summed E-state index contributed by atoms with van der Waals surface area (Å²) in [7, 11) is 4.48. The number of hydrogen-bond acceptors (Lipinski definition) is 4. The Kier molecular flexibility index (Phi) is 8.46. The smallest absolute Gasteiger partial charge is 0.0938 e. The first kappa shape index (κ1) is 26.3. The predicted molar refractivity (Wildman–Crippen MR) is 153 cm³/mol. The third-order valence-corrected chi connectivity index (χ3v) is 8.89. The molecular formula is C32H46N4. The van der Waals surface area contributed by atoms with Gasteiger partial charge >= 0.3 is 0 Å². The zero-order valence-electron chi connectivity index (χ0n) is 22.9. The molecule has 0 amide bonds. The fraction of sp³-hybridized carbons (Fsp3) is 0.500. The molecule has 4 nitrogen and oxygen atoms in total. The van der Waals surface area contributed by atoms with Gasteiger partial charge in [-0.1, -0.05) is 60.7 Å². The van der Waals surface area contributed by atoms with Crippen LogP contribution in [0.5, 0.6) is 0 Å². The van der Waals surface area contributed by atoms with Gasteiger partial charge in [0, 0.05) is 25.2 Å². The number of piperidine rings is 1. The van der Waals surface area contributed by atoms with Crippen LogP contribution in [-0.2, 0) is 5.54 Å². The normalized spacial score (nSPS) is 23.6. The molecule has 4 rings (SSSR count). The van der Waals surface area contributed by atoms with Crippen molar-refractivity contribution in [2.75, 3.05) is 33.7 Å². The molecule has 0 spiro atoms. The van der Waals surface area contributed by atoms with Gasteiger partial charge in [-0.25, -0.2) is 0 Å². The van der Waals surface area contributed by atoms with Crippen molar-refractivity contribution in [3.05, 3.63) is 89.4 Å². The molecule has 3 N–H and O–H groups in total. The van der Waals surface area contributed by atoms with Crippen molar-refractivity contribution in [3.63, 3.8) is 0 Å². The van der Waals surface area contributed by atoms with Crippen molar-refractivity contribution >= 4 is 5.57 Å². The number of allylic oxidation sites excluding steroid dienone is 1. The summed E-state index contributed by atoms with van der Waals surface area (Å²) in [6.07, 6.45) is 8.99. The molecule has 4 heteroatoms. The van der Waals surface area contributed by atoms with E-state index in [9.17, 15) is 0 Å². The van der Waals surface area contributed by atoms with E-state index >= 15 is 0 Å². The van der Waals surface area contributed by atoms with Crippen LogP contribution in [0.4, 0.5) is 0 Å². The lowest BCUT2D eigenvalue weighted by Gasteiger charge is -2.46. The summed E-state index contributed by atoms with van der Waals surface area (Å²) in [6, 6.07) is 17.8. The number of rotatable bonds is 8. The lowest BCUT2D eigenvalue weighted by atomic mass is 9.72. The van der Waals surface area contributed by atoms with Crippen molar-refractivity contribution in [2.24, 2.45) is 17.6 Å². The van der Waals surface area contributed by atoms with Crippen LogP contribution in [0.15, 0.2) is 67.1 Å². The highest BCUT2D eigenvalue weighted by Crippen LogP contribution is 2.43.